The summed E-state index contributed by atoms with van der Waals surface area (Å²) in [6, 6.07) is 1.83. The molecule has 1 saturated heterocycles. The maximum Gasteiger partial charge on any atom is 0.414 e. The molecule has 0 aromatic carbocycles. The highest BCUT2D eigenvalue weighted by molar-refractivity contribution is 5.89. The van der Waals surface area contributed by atoms with Gasteiger partial charge in [0.2, 0.25) is 0 Å². The maximum atomic E-state index is 11.3. The second-order valence-electron chi connectivity index (χ2n) is 3.33. The van der Waals surface area contributed by atoms with E-state index in [9.17, 15) is 4.79 Å². The lowest BCUT2D eigenvalue weighted by Crippen LogP contribution is -2.24. The van der Waals surface area contributed by atoms with E-state index >= 15 is 0 Å². The normalized spacial score (nSPS) is 21.4. The lowest BCUT2D eigenvalue weighted by atomic mass is 10.3. The summed E-state index contributed by atoms with van der Waals surface area (Å²) >= 11 is 0. The average molecular weight is 196 g/mol. The van der Waals surface area contributed by atoms with Crippen molar-refractivity contribution in [3.8, 4) is 0 Å². The van der Waals surface area contributed by atoms with Gasteiger partial charge >= 0.3 is 6.09 Å². The van der Waals surface area contributed by atoms with Gasteiger partial charge in [-0.3, -0.25) is 4.90 Å². The Morgan fingerprint density at radius 2 is 2.50 bits per heavy atom. The predicted molar refractivity (Wildman–Crippen MR) is 50.1 cm³/mol. The van der Waals surface area contributed by atoms with Gasteiger partial charge in [0, 0.05) is 19.4 Å². The van der Waals surface area contributed by atoms with Crippen LogP contribution in [0.5, 0.6) is 0 Å². The second kappa shape index (κ2) is 3.34. The van der Waals surface area contributed by atoms with Gasteiger partial charge in [0.25, 0.3) is 0 Å². The molecule has 14 heavy (non-hydrogen) atoms. The molecule has 0 aliphatic carbocycles. The van der Waals surface area contributed by atoms with Crippen LogP contribution in [0, 0.1) is 0 Å². The van der Waals surface area contributed by atoms with Crippen LogP contribution < -0.4 is 4.90 Å². The number of amides is 1. The molecular weight excluding hydrogens is 184 g/mol. The number of rotatable bonds is 2. The van der Waals surface area contributed by atoms with E-state index in [2.05, 4.69) is 0 Å². The molecule has 0 radical (unpaired) electrons. The Morgan fingerprint density at radius 1 is 1.71 bits per heavy atom. The van der Waals surface area contributed by atoms with Crippen LogP contribution >= 0.6 is 0 Å². The van der Waals surface area contributed by atoms with Crippen LogP contribution in [0.4, 0.5) is 10.5 Å². The highest BCUT2D eigenvalue weighted by Crippen LogP contribution is 2.21. The van der Waals surface area contributed by atoms with Crippen molar-refractivity contribution in [3.63, 3.8) is 0 Å². The van der Waals surface area contributed by atoms with Gasteiger partial charge in [-0.15, -0.1) is 0 Å². The number of ether oxygens (including phenoxy) is 1. The van der Waals surface area contributed by atoms with E-state index in [0.29, 0.717) is 6.54 Å². The topological polar surface area (TPSA) is 54.7 Å². The zero-order valence-electron chi connectivity index (χ0n) is 7.88. The van der Waals surface area contributed by atoms with Crippen molar-refractivity contribution >= 4 is 11.8 Å². The van der Waals surface area contributed by atoms with Gasteiger partial charge in [-0.2, -0.15) is 0 Å². The van der Waals surface area contributed by atoms with E-state index < -0.39 is 12.2 Å². The summed E-state index contributed by atoms with van der Waals surface area (Å²) in [5.74, 6) is 0. The van der Waals surface area contributed by atoms with Crippen LogP contribution in [0.25, 0.3) is 0 Å². The highest BCUT2D eigenvalue weighted by atomic mass is 16.6. The summed E-state index contributed by atoms with van der Waals surface area (Å²) in [6.07, 6.45) is 2.90. The summed E-state index contributed by atoms with van der Waals surface area (Å²) < 4.78 is 6.77. The Bertz CT molecular complexity index is 348. The molecule has 1 atom stereocenters. The number of carbonyl (C=O) groups is 1. The number of hydrogen-bond acceptors (Lipinski definition) is 3. The van der Waals surface area contributed by atoms with E-state index in [1.54, 1.807) is 0 Å². The Balaban J connectivity index is 2.16. The largest absolute Gasteiger partial charge is 0.441 e. The molecule has 1 aromatic heterocycles. The number of aliphatic hydroxyl groups is 1. The van der Waals surface area contributed by atoms with Crippen molar-refractivity contribution in [2.45, 2.75) is 6.10 Å². The molecule has 2 heterocycles. The highest BCUT2D eigenvalue weighted by Gasteiger charge is 2.31. The monoisotopic (exact) mass is 196 g/mol. The molecule has 1 amide bonds. The third-order valence-electron chi connectivity index (χ3n) is 2.21. The summed E-state index contributed by atoms with van der Waals surface area (Å²) in [4.78, 5) is 12.9. The third kappa shape index (κ3) is 1.46. The Hall–Kier alpha value is -1.49. The van der Waals surface area contributed by atoms with Crippen molar-refractivity contribution in [1.29, 1.82) is 0 Å². The maximum absolute atomic E-state index is 11.3. The SMILES string of the molecule is Cn1ccc(N2CC(CO)OC2=O)c1. The molecule has 1 aromatic rings. The van der Waals surface area contributed by atoms with E-state index in [0.717, 1.165) is 5.69 Å². The lowest BCUT2D eigenvalue weighted by Gasteiger charge is -2.09. The first-order valence-corrected chi connectivity index (χ1v) is 4.41. The fraction of sp³-hybridized carbons (Fsp3) is 0.444. The molecule has 2 rings (SSSR count). The summed E-state index contributed by atoms with van der Waals surface area (Å²) in [7, 11) is 1.88. The first-order chi connectivity index (χ1) is 6.70. The molecule has 1 aliphatic rings. The average Bonchev–Trinajstić information content (AvgIpc) is 2.71. The molecule has 1 fully saturated rings. The van der Waals surface area contributed by atoms with Crippen LogP contribution in [0.15, 0.2) is 18.5 Å². The van der Waals surface area contributed by atoms with Crippen molar-refractivity contribution in [2.24, 2.45) is 7.05 Å². The summed E-state index contributed by atoms with van der Waals surface area (Å²) in [6.45, 7) is 0.286. The Labute approximate surface area is 81.5 Å². The minimum absolute atomic E-state index is 0.130. The van der Waals surface area contributed by atoms with Gasteiger partial charge in [-0.05, 0) is 6.07 Å². The Kier molecular flexibility index (Phi) is 2.17. The molecule has 5 nitrogen and oxygen atoms in total. The van der Waals surface area contributed by atoms with E-state index in [1.165, 1.54) is 4.90 Å². The quantitative estimate of drug-likeness (QED) is 0.742. The minimum Gasteiger partial charge on any atom is -0.441 e. The van der Waals surface area contributed by atoms with Gasteiger partial charge in [-0.25, -0.2) is 4.79 Å². The molecule has 0 saturated carbocycles. The molecule has 1 N–H and O–H groups in total. The van der Waals surface area contributed by atoms with Gasteiger partial charge in [-0.1, -0.05) is 0 Å². The van der Waals surface area contributed by atoms with Gasteiger partial charge in [0.1, 0.15) is 6.10 Å². The van der Waals surface area contributed by atoms with Gasteiger partial charge < -0.3 is 14.4 Å². The summed E-state index contributed by atoms with van der Waals surface area (Å²) in [5, 5.41) is 8.84. The molecule has 5 heteroatoms. The van der Waals surface area contributed by atoms with Gasteiger partial charge in [0.15, 0.2) is 0 Å². The number of aryl methyl sites for hydroxylation is 1. The number of hydrogen-bond donors (Lipinski definition) is 1. The van der Waals surface area contributed by atoms with Crippen LogP contribution in [0.1, 0.15) is 0 Å². The van der Waals surface area contributed by atoms with Gasteiger partial charge in [0.05, 0.1) is 18.8 Å². The van der Waals surface area contributed by atoms with Crippen molar-refractivity contribution in [3.05, 3.63) is 18.5 Å². The lowest BCUT2D eigenvalue weighted by molar-refractivity contribution is 0.0963. The fourth-order valence-electron chi connectivity index (χ4n) is 1.48. The number of nitrogens with zero attached hydrogens (tertiary/aromatic N) is 2. The first-order valence-electron chi connectivity index (χ1n) is 4.41. The van der Waals surface area contributed by atoms with Crippen LogP contribution in [0.2, 0.25) is 0 Å². The van der Waals surface area contributed by atoms with E-state index in [-0.39, 0.29) is 6.61 Å². The van der Waals surface area contributed by atoms with Crippen LogP contribution in [0.3, 0.4) is 0 Å². The molecule has 0 spiro atoms. The van der Waals surface area contributed by atoms with Crippen molar-refractivity contribution in [1.82, 2.24) is 4.57 Å². The van der Waals surface area contributed by atoms with E-state index in [1.807, 2.05) is 30.1 Å². The predicted octanol–water partition coefficient (Wildman–Crippen LogP) is 0.343. The van der Waals surface area contributed by atoms with Crippen LogP contribution in [-0.4, -0.2) is 35.0 Å². The molecule has 1 aliphatic heterocycles. The number of aliphatic hydroxyl groups excluding tert-OH is 1. The Morgan fingerprint density at radius 3 is 3.00 bits per heavy atom. The molecular formula is C9H12N2O3. The number of cyclic esters (lactones) is 1. The number of anilines is 1. The zero-order chi connectivity index (χ0) is 10.1. The van der Waals surface area contributed by atoms with Crippen LogP contribution in [-0.2, 0) is 11.8 Å². The number of aromatic nitrogens is 1. The molecule has 0 bridgehead atoms. The molecule has 1 unspecified atom stereocenters. The standard InChI is InChI=1S/C9H12N2O3/c1-10-3-2-7(4-10)11-5-8(6-12)14-9(11)13/h2-4,8,12H,5-6H2,1H3. The number of carbonyl (C=O) groups excluding carboxylic acids is 1. The fourth-order valence-corrected chi connectivity index (χ4v) is 1.48. The summed E-state index contributed by atoms with van der Waals surface area (Å²) in [5.41, 5.74) is 0.799. The first kappa shape index (κ1) is 9.08. The third-order valence-corrected chi connectivity index (χ3v) is 2.21. The smallest absolute Gasteiger partial charge is 0.414 e. The molecule has 76 valence electrons. The van der Waals surface area contributed by atoms with E-state index in [4.69, 9.17) is 9.84 Å². The van der Waals surface area contributed by atoms with Crippen molar-refractivity contribution < 1.29 is 14.6 Å². The zero-order valence-corrected chi connectivity index (χ0v) is 7.88. The van der Waals surface area contributed by atoms with Crippen molar-refractivity contribution in [2.75, 3.05) is 18.1 Å². The second-order valence-corrected chi connectivity index (χ2v) is 3.33. The minimum atomic E-state index is -0.400.